The third kappa shape index (κ3) is 8.21. The van der Waals surface area contributed by atoms with Crippen LogP contribution >= 0.6 is 11.8 Å². The van der Waals surface area contributed by atoms with E-state index >= 15 is 0 Å². The van der Waals surface area contributed by atoms with E-state index in [4.69, 9.17) is 19.3 Å². The minimum Gasteiger partial charge on any atom is -0.482 e. The van der Waals surface area contributed by atoms with Crippen LogP contribution in [0.4, 0.5) is 0 Å². The average Bonchev–Trinajstić information content (AvgIpc) is 3.66. The second-order valence-corrected chi connectivity index (χ2v) is 10.1. The number of aliphatic carboxylic acids is 1. The molecule has 1 aromatic carbocycles. The van der Waals surface area contributed by atoms with Crippen molar-refractivity contribution in [2.75, 3.05) is 51.8 Å². The second-order valence-electron chi connectivity index (χ2n) is 9.02. The highest BCUT2D eigenvalue weighted by atomic mass is 32.2. The van der Waals surface area contributed by atoms with Crippen LogP contribution in [0.5, 0.6) is 5.75 Å². The van der Waals surface area contributed by atoms with Crippen molar-refractivity contribution < 1.29 is 24.1 Å². The van der Waals surface area contributed by atoms with Gasteiger partial charge < -0.3 is 19.3 Å². The summed E-state index contributed by atoms with van der Waals surface area (Å²) in [7, 11) is 0. The molecule has 1 unspecified atom stereocenters. The number of morpholine rings is 1. The van der Waals surface area contributed by atoms with Crippen LogP contribution in [0.2, 0.25) is 0 Å². The predicted molar refractivity (Wildman–Crippen MR) is 133 cm³/mol. The summed E-state index contributed by atoms with van der Waals surface area (Å²) >= 11 is 1.75. The Hall–Kier alpha value is -2.24. The number of ether oxygens (including phenoxy) is 3. The summed E-state index contributed by atoms with van der Waals surface area (Å²) in [6, 6.07) is 5.86. The Labute approximate surface area is 206 Å². The molecule has 1 N–H and O–H groups in total. The van der Waals surface area contributed by atoms with Crippen LogP contribution in [-0.2, 0) is 14.3 Å². The maximum absolute atomic E-state index is 10.7. The van der Waals surface area contributed by atoms with Gasteiger partial charge >= 0.3 is 5.97 Å². The molecule has 1 saturated carbocycles. The zero-order valence-corrected chi connectivity index (χ0v) is 20.6. The SMILES string of the molecule is Cc1cc(SCC2=CC(OCC3CC3)CC(C#CCN3CCOCC3)=C2)ccc1OCC(=O)O. The Morgan fingerprint density at radius 3 is 2.85 bits per heavy atom. The summed E-state index contributed by atoms with van der Waals surface area (Å²) in [5, 5.41) is 8.82. The van der Waals surface area contributed by atoms with Crippen molar-refractivity contribution in [1.29, 1.82) is 0 Å². The first-order valence-electron chi connectivity index (χ1n) is 11.9. The summed E-state index contributed by atoms with van der Waals surface area (Å²) in [4.78, 5) is 14.2. The Morgan fingerprint density at radius 1 is 1.29 bits per heavy atom. The average molecular weight is 484 g/mol. The molecule has 182 valence electrons. The Morgan fingerprint density at radius 2 is 2.12 bits per heavy atom. The predicted octanol–water partition coefficient (Wildman–Crippen LogP) is 3.94. The Kier molecular flexibility index (Phi) is 9.11. The first-order valence-corrected chi connectivity index (χ1v) is 12.9. The van der Waals surface area contributed by atoms with E-state index in [-0.39, 0.29) is 12.7 Å². The van der Waals surface area contributed by atoms with Crippen LogP contribution in [0.25, 0.3) is 0 Å². The van der Waals surface area contributed by atoms with Gasteiger partial charge in [0.1, 0.15) is 5.75 Å². The number of thioether (sulfide) groups is 1. The van der Waals surface area contributed by atoms with E-state index < -0.39 is 5.97 Å². The van der Waals surface area contributed by atoms with Gasteiger partial charge in [0.15, 0.2) is 6.61 Å². The fraction of sp³-hybridized carbons (Fsp3) is 0.519. The molecule has 2 fully saturated rings. The first-order chi connectivity index (χ1) is 16.5. The number of carbonyl (C=O) groups is 1. The molecule has 1 aliphatic heterocycles. The lowest BCUT2D eigenvalue weighted by atomic mass is 9.98. The van der Waals surface area contributed by atoms with Crippen molar-refractivity contribution in [1.82, 2.24) is 4.90 Å². The van der Waals surface area contributed by atoms with Gasteiger partial charge in [-0.1, -0.05) is 17.9 Å². The fourth-order valence-corrected chi connectivity index (χ4v) is 4.81. The van der Waals surface area contributed by atoms with Crippen LogP contribution in [0.3, 0.4) is 0 Å². The van der Waals surface area contributed by atoms with Gasteiger partial charge in [-0.3, -0.25) is 4.90 Å². The quantitative estimate of drug-likeness (QED) is 0.399. The maximum Gasteiger partial charge on any atom is 0.341 e. The van der Waals surface area contributed by atoms with Crippen LogP contribution in [0, 0.1) is 24.7 Å². The van der Waals surface area contributed by atoms with Gasteiger partial charge in [-0.25, -0.2) is 4.79 Å². The number of benzene rings is 1. The molecular formula is C27H33NO5S. The first kappa shape index (κ1) is 24.9. The highest BCUT2D eigenvalue weighted by molar-refractivity contribution is 7.99. The van der Waals surface area contributed by atoms with E-state index in [0.717, 1.165) is 73.6 Å². The fourth-order valence-electron chi connectivity index (χ4n) is 3.88. The molecule has 6 nitrogen and oxygen atoms in total. The van der Waals surface area contributed by atoms with Gasteiger partial charge in [0.05, 0.1) is 32.5 Å². The number of hydrogen-bond donors (Lipinski definition) is 1. The highest BCUT2D eigenvalue weighted by Crippen LogP contribution is 2.32. The van der Waals surface area contributed by atoms with E-state index in [0.29, 0.717) is 5.75 Å². The molecule has 0 radical (unpaired) electrons. The topological polar surface area (TPSA) is 68.2 Å². The van der Waals surface area contributed by atoms with Gasteiger partial charge in [-0.2, -0.15) is 0 Å². The lowest BCUT2D eigenvalue weighted by molar-refractivity contribution is -0.139. The number of allylic oxidation sites excluding steroid dienone is 1. The summed E-state index contributed by atoms with van der Waals surface area (Å²) < 4.78 is 17.0. The van der Waals surface area contributed by atoms with Gasteiger partial charge in [-0.05, 0) is 61.1 Å². The van der Waals surface area contributed by atoms with Crippen molar-refractivity contribution >= 4 is 17.7 Å². The molecule has 0 bridgehead atoms. The zero-order chi connectivity index (χ0) is 23.8. The van der Waals surface area contributed by atoms with Crippen molar-refractivity contribution in [3.05, 3.63) is 47.1 Å². The van der Waals surface area contributed by atoms with E-state index in [1.807, 2.05) is 25.1 Å². The van der Waals surface area contributed by atoms with E-state index in [9.17, 15) is 4.79 Å². The Bertz CT molecular complexity index is 982. The standard InChI is InChI=1S/C27H33NO5S/c1-20-13-25(6-7-26(20)33-18-27(29)30)34-19-23-14-22(3-2-8-28-9-11-31-12-10-28)15-24(16-23)32-17-21-4-5-21/h6-7,13-14,16,21,24H,4-5,8-12,15,17-19H2,1H3,(H,29,30). The van der Waals surface area contributed by atoms with Crippen LogP contribution in [-0.4, -0.2) is 73.9 Å². The third-order valence-corrected chi connectivity index (χ3v) is 7.05. The molecular weight excluding hydrogens is 450 g/mol. The number of hydrogen-bond acceptors (Lipinski definition) is 6. The van der Waals surface area contributed by atoms with E-state index in [2.05, 4.69) is 28.9 Å². The zero-order valence-electron chi connectivity index (χ0n) is 19.8. The summed E-state index contributed by atoms with van der Waals surface area (Å²) in [6.07, 6.45) is 7.96. The number of rotatable bonds is 10. The monoisotopic (exact) mass is 483 g/mol. The molecule has 7 heteroatoms. The summed E-state index contributed by atoms with van der Waals surface area (Å²) in [5.74, 6) is 7.95. The molecule has 4 rings (SSSR count). The van der Waals surface area contributed by atoms with Crippen molar-refractivity contribution in [2.24, 2.45) is 5.92 Å². The normalized spacial score (nSPS) is 20.7. The molecule has 0 spiro atoms. The molecule has 2 aliphatic carbocycles. The lowest BCUT2D eigenvalue weighted by Gasteiger charge is -2.24. The number of aryl methyl sites for hydroxylation is 1. The lowest BCUT2D eigenvalue weighted by Crippen LogP contribution is -2.36. The number of nitrogens with zero attached hydrogens (tertiary/aromatic N) is 1. The molecule has 1 saturated heterocycles. The largest absolute Gasteiger partial charge is 0.482 e. The highest BCUT2D eigenvalue weighted by Gasteiger charge is 2.24. The summed E-state index contributed by atoms with van der Waals surface area (Å²) in [6.45, 7) is 6.69. The van der Waals surface area contributed by atoms with Gasteiger partial charge in [-0.15, -0.1) is 11.8 Å². The smallest absolute Gasteiger partial charge is 0.341 e. The molecule has 1 atom stereocenters. The van der Waals surface area contributed by atoms with Crippen LogP contribution in [0.15, 0.2) is 46.4 Å². The molecule has 0 aromatic heterocycles. The molecule has 0 amide bonds. The Balaban J connectivity index is 1.37. The second kappa shape index (κ2) is 12.5. The minimum atomic E-state index is -0.976. The van der Waals surface area contributed by atoms with Crippen molar-refractivity contribution in [2.45, 2.75) is 37.2 Å². The van der Waals surface area contributed by atoms with Crippen LogP contribution < -0.4 is 4.74 Å². The number of carboxylic acids is 1. The van der Waals surface area contributed by atoms with E-state index in [1.165, 1.54) is 18.4 Å². The minimum absolute atomic E-state index is 0.0856. The summed E-state index contributed by atoms with van der Waals surface area (Å²) in [5.41, 5.74) is 3.30. The van der Waals surface area contributed by atoms with Gasteiger partial charge in [0.25, 0.3) is 0 Å². The van der Waals surface area contributed by atoms with Crippen molar-refractivity contribution in [3.8, 4) is 17.6 Å². The molecule has 3 aliphatic rings. The number of carboxylic acid groups (broad SMARTS) is 1. The van der Waals surface area contributed by atoms with E-state index in [1.54, 1.807) is 11.8 Å². The maximum atomic E-state index is 10.7. The third-order valence-electron chi connectivity index (χ3n) is 5.98. The van der Waals surface area contributed by atoms with Crippen molar-refractivity contribution in [3.63, 3.8) is 0 Å². The molecule has 34 heavy (non-hydrogen) atoms. The molecule has 1 heterocycles. The van der Waals surface area contributed by atoms with Crippen LogP contribution in [0.1, 0.15) is 24.8 Å². The van der Waals surface area contributed by atoms with Gasteiger partial charge in [0, 0.05) is 35.7 Å². The molecule has 1 aromatic rings. The van der Waals surface area contributed by atoms with Gasteiger partial charge in [0.2, 0.25) is 0 Å².